The summed E-state index contributed by atoms with van der Waals surface area (Å²) in [6.07, 6.45) is 13.0. The zero-order valence-electron chi connectivity index (χ0n) is 28.9. The fourth-order valence-electron chi connectivity index (χ4n) is 6.25. The van der Waals surface area contributed by atoms with Crippen LogP contribution in [0.3, 0.4) is 0 Å². The van der Waals surface area contributed by atoms with Crippen LogP contribution in [0.25, 0.3) is 59.9 Å². The summed E-state index contributed by atoms with van der Waals surface area (Å²) in [6, 6.07) is 28.3. The second-order valence-electron chi connectivity index (χ2n) is 12.8. The highest BCUT2D eigenvalue weighted by Gasteiger charge is 2.20. The third kappa shape index (κ3) is 8.35. The van der Waals surface area contributed by atoms with E-state index in [0.717, 1.165) is 0 Å². The molecule has 7 rings (SSSR count). The van der Waals surface area contributed by atoms with Crippen LogP contribution in [0.15, 0.2) is 72.8 Å². The Bertz CT molecular complexity index is 2090. The molecule has 0 spiro atoms. The molecule has 0 saturated carbocycles. The minimum atomic E-state index is 1.21. The summed E-state index contributed by atoms with van der Waals surface area (Å²) in [5.41, 5.74) is 2.77. The van der Waals surface area contributed by atoms with Gasteiger partial charge in [-0.15, -0.1) is 79.4 Å². The van der Waals surface area contributed by atoms with Gasteiger partial charge in [0.1, 0.15) is 0 Å². The molecule has 7 heterocycles. The Hall–Kier alpha value is -2.10. The van der Waals surface area contributed by atoms with Gasteiger partial charge in [0.05, 0.1) is 4.88 Å². The standard InChI is InChI=1S/C42H44S7/c1-5-7-9-11-13-29-16-19-35(45-29)37-23-21-33(47-37)31-25-40(44-28(31)4)41-26-32(42(49-41)39-18-15-27(3)43-39)34-22-24-38(48-34)36-20-17-30(46-36)14-12-10-8-6-2/h15-26H,5-14H2,1-4H3. The molecule has 7 aromatic heterocycles. The predicted molar refractivity (Wildman–Crippen MR) is 229 cm³/mol. The molecule has 254 valence electrons. The second-order valence-corrected chi connectivity index (χ2v) is 20.9. The first-order valence-corrected chi connectivity index (χ1v) is 23.4. The van der Waals surface area contributed by atoms with Crippen molar-refractivity contribution in [3.05, 3.63) is 92.3 Å². The van der Waals surface area contributed by atoms with Crippen molar-refractivity contribution in [1.82, 2.24) is 0 Å². The fraction of sp³-hybridized carbons (Fsp3) is 0.333. The highest BCUT2D eigenvalue weighted by Crippen LogP contribution is 2.51. The molecule has 7 heteroatoms. The minimum absolute atomic E-state index is 1.21. The highest BCUT2D eigenvalue weighted by atomic mass is 32.1. The zero-order valence-corrected chi connectivity index (χ0v) is 34.6. The SMILES string of the molecule is CCCCCCc1ccc(-c2ccc(-c3cc(-c4cc(-c5ccc(-c6ccc(CCCCCC)s6)s5)c(-c5ccc(C)s5)s4)sc3C)s2)s1. The van der Waals surface area contributed by atoms with E-state index < -0.39 is 0 Å². The smallest absolute Gasteiger partial charge is 0.0536 e. The Morgan fingerprint density at radius 3 is 1.45 bits per heavy atom. The van der Waals surface area contributed by atoms with Gasteiger partial charge in [-0.25, -0.2) is 0 Å². The van der Waals surface area contributed by atoms with Crippen LogP contribution < -0.4 is 0 Å². The van der Waals surface area contributed by atoms with Gasteiger partial charge in [0.15, 0.2) is 0 Å². The molecule has 7 aromatic rings. The normalized spacial score (nSPS) is 11.7. The van der Waals surface area contributed by atoms with Crippen LogP contribution in [0.4, 0.5) is 0 Å². The molecule has 0 fully saturated rings. The van der Waals surface area contributed by atoms with Gasteiger partial charge in [0, 0.05) is 74.5 Å². The largest absolute Gasteiger partial charge is 0.140 e. The van der Waals surface area contributed by atoms with Crippen molar-refractivity contribution in [2.75, 3.05) is 0 Å². The number of thiophene rings is 7. The number of unbranched alkanes of at least 4 members (excludes halogenated alkanes) is 6. The van der Waals surface area contributed by atoms with Crippen LogP contribution in [0.1, 0.15) is 84.7 Å². The van der Waals surface area contributed by atoms with Crippen molar-refractivity contribution >= 4 is 79.4 Å². The molecule has 0 aliphatic rings. The number of rotatable bonds is 16. The lowest BCUT2D eigenvalue weighted by molar-refractivity contribution is 0.670. The molecular formula is C42H44S7. The molecule has 0 unspecified atom stereocenters. The maximum atomic E-state index is 2.47. The Morgan fingerprint density at radius 2 is 0.878 bits per heavy atom. The van der Waals surface area contributed by atoms with Crippen LogP contribution in [0.5, 0.6) is 0 Å². The lowest BCUT2D eigenvalue weighted by atomic mass is 10.1. The van der Waals surface area contributed by atoms with Crippen molar-refractivity contribution in [2.45, 2.75) is 91.9 Å². The van der Waals surface area contributed by atoms with Crippen LogP contribution in [-0.2, 0) is 12.8 Å². The third-order valence-electron chi connectivity index (χ3n) is 8.96. The van der Waals surface area contributed by atoms with Crippen molar-refractivity contribution < 1.29 is 0 Å². The number of hydrogen-bond donors (Lipinski definition) is 0. The van der Waals surface area contributed by atoms with Gasteiger partial charge in [-0.3, -0.25) is 0 Å². The molecule has 0 N–H and O–H groups in total. The van der Waals surface area contributed by atoms with Crippen molar-refractivity contribution in [3.8, 4) is 59.9 Å². The van der Waals surface area contributed by atoms with Gasteiger partial charge in [-0.2, -0.15) is 0 Å². The monoisotopic (exact) mass is 772 g/mol. The first kappa shape index (κ1) is 35.3. The quantitative estimate of drug-likeness (QED) is 0.0858. The van der Waals surface area contributed by atoms with Gasteiger partial charge in [0.25, 0.3) is 0 Å². The van der Waals surface area contributed by atoms with E-state index in [1.807, 2.05) is 79.4 Å². The molecule has 0 aliphatic carbocycles. The summed E-state index contributed by atoms with van der Waals surface area (Å²) >= 11 is 13.7. The third-order valence-corrected chi connectivity index (χ3v) is 17.4. The Labute approximate surface area is 320 Å². The maximum Gasteiger partial charge on any atom is 0.0536 e. The first-order valence-electron chi connectivity index (χ1n) is 17.7. The van der Waals surface area contributed by atoms with E-state index in [0.29, 0.717) is 0 Å². The van der Waals surface area contributed by atoms with Crippen molar-refractivity contribution in [1.29, 1.82) is 0 Å². The minimum Gasteiger partial charge on any atom is -0.140 e. The second kappa shape index (κ2) is 16.5. The molecule has 0 radical (unpaired) electrons. The van der Waals surface area contributed by atoms with E-state index >= 15 is 0 Å². The van der Waals surface area contributed by atoms with E-state index in [9.17, 15) is 0 Å². The molecule has 0 bridgehead atoms. The summed E-state index contributed by atoms with van der Waals surface area (Å²) in [7, 11) is 0. The molecular weight excluding hydrogens is 729 g/mol. The summed E-state index contributed by atoms with van der Waals surface area (Å²) in [5, 5.41) is 0. The summed E-state index contributed by atoms with van der Waals surface area (Å²) in [6.45, 7) is 9.09. The average molecular weight is 773 g/mol. The molecule has 0 nitrogen and oxygen atoms in total. The lowest BCUT2D eigenvalue weighted by Crippen LogP contribution is -1.80. The molecule has 0 atom stereocenters. The molecule has 0 saturated heterocycles. The lowest BCUT2D eigenvalue weighted by Gasteiger charge is -1.99. The zero-order chi connectivity index (χ0) is 33.7. The van der Waals surface area contributed by atoms with E-state index in [4.69, 9.17) is 0 Å². The summed E-state index contributed by atoms with van der Waals surface area (Å²) in [5.74, 6) is 0. The summed E-state index contributed by atoms with van der Waals surface area (Å²) < 4.78 is 0. The Morgan fingerprint density at radius 1 is 0.388 bits per heavy atom. The van der Waals surface area contributed by atoms with Crippen LogP contribution >= 0.6 is 79.4 Å². The predicted octanol–water partition coefficient (Wildman–Crippen LogP) is 17.0. The topological polar surface area (TPSA) is 0 Å². The molecule has 0 aliphatic heterocycles. The van der Waals surface area contributed by atoms with Gasteiger partial charge in [-0.05, 0) is 112 Å². The van der Waals surface area contributed by atoms with E-state index in [-0.39, 0.29) is 0 Å². The first-order chi connectivity index (χ1) is 24.0. The average Bonchev–Trinajstić information content (AvgIpc) is 3.92. The molecule has 49 heavy (non-hydrogen) atoms. The van der Waals surface area contributed by atoms with E-state index in [1.54, 1.807) is 0 Å². The van der Waals surface area contributed by atoms with E-state index in [1.165, 1.54) is 144 Å². The van der Waals surface area contributed by atoms with Crippen LogP contribution in [0, 0.1) is 13.8 Å². The highest BCUT2D eigenvalue weighted by molar-refractivity contribution is 7.28. The molecule has 0 aromatic carbocycles. The van der Waals surface area contributed by atoms with E-state index in [2.05, 4.69) is 100 Å². The number of hydrogen-bond acceptors (Lipinski definition) is 7. The van der Waals surface area contributed by atoms with Crippen LogP contribution in [0.2, 0.25) is 0 Å². The van der Waals surface area contributed by atoms with Crippen molar-refractivity contribution in [2.24, 2.45) is 0 Å². The van der Waals surface area contributed by atoms with Gasteiger partial charge < -0.3 is 0 Å². The van der Waals surface area contributed by atoms with Gasteiger partial charge in [0.2, 0.25) is 0 Å². The van der Waals surface area contributed by atoms with Crippen LogP contribution in [-0.4, -0.2) is 0 Å². The fourth-order valence-corrected chi connectivity index (χ4v) is 14.0. The van der Waals surface area contributed by atoms with Gasteiger partial charge >= 0.3 is 0 Å². The van der Waals surface area contributed by atoms with Crippen molar-refractivity contribution in [3.63, 3.8) is 0 Å². The Balaban J connectivity index is 1.13. The molecule has 0 amide bonds. The Kier molecular flexibility index (Phi) is 11.9. The number of aryl methyl sites for hydroxylation is 4. The maximum absolute atomic E-state index is 2.47. The van der Waals surface area contributed by atoms with Gasteiger partial charge in [-0.1, -0.05) is 52.4 Å². The summed E-state index contributed by atoms with van der Waals surface area (Å²) in [4.78, 5) is 19.7.